The highest BCUT2D eigenvalue weighted by Gasteiger charge is 2.49. The van der Waals surface area contributed by atoms with Crippen LogP contribution in [0.3, 0.4) is 0 Å². The zero-order chi connectivity index (χ0) is 34.8. The van der Waals surface area contributed by atoms with Crippen molar-refractivity contribution >= 4 is 53.9 Å². The van der Waals surface area contributed by atoms with Gasteiger partial charge in [0.25, 0.3) is 0 Å². The molecule has 3 heterocycles. The van der Waals surface area contributed by atoms with Crippen LogP contribution in [-0.4, -0.2) is 95.8 Å². The van der Waals surface area contributed by atoms with E-state index < -0.39 is 54.6 Å². The summed E-state index contributed by atoms with van der Waals surface area (Å²) in [6.07, 6.45) is 2.83. The van der Waals surface area contributed by atoms with Crippen molar-refractivity contribution in [2.24, 2.45) is 0 Å². The third kappa shape index (κ3) is 8.98. The number of hydrogen-bond acceptors (Lipinski definition) is 13. The highest BCUT2D eigenvalue weighted by atomic mass is 35.5. The molecule has 2 aromatic rings. The van der Waals surface area contributed by atoms with Crippen molar-refractivity contribution in [3.8, 4) is 0 Å². The monoisotopic (exact) mass is 721 g/mol. The molecule has 1 saturated carbocycles. The number of hydrogen-bond donors (Lipinski definition) is 2. The largest absolute Gasteiger partial charge is 0.443 e. The molecule has 2 N–H and O–H groups in total. The number of aliphatic hydroxyl groups is 2. The molecule has 2 aromatic heterocycles. The molecule has 2 fully saturated rings. The van der Waals surface area contributed by atoms with Crippen molar-refractivity contribution in [3.05, 3.63) is 11.5 Å². The molecule has 17 heteroatoms. The zero-order valence-electron chi connectivity index (χ0n) is 28.5. The predicted octanol–water partition coefficient (Wildman–Crippen LogP) is 6.27. The van der Waals surface area contributed by atoms with Crippen LogP contribution in [0, 0.1) is 0 Å². The smallest absolute Gasteiger partial charge is 0.416 e. The van der Waals surface area contributed by atoms with Gasteiger partial charge in [0, 0.05) is 18.2 Å². The second-order valence-electron chi connectivity index (χ2n) is 13.4. The van der Waals surface area contributed by atoms with Crippen LogP contribution >= 0.6 is 31.0 Å². The van der Waals surface area contributed by atoms with Gasteiger partial charge in [-0.1, -0.05) is 12.8 Å². The van der Waals surface area contributed by atoms with E-state index in [2.05, 4.69) is 15.1 Å². The van der Waals surface area contributed by atoms with Crippen molar-refractivity contribution in [1.82, 2.24) is 19.7 Å². The maximum atomic E-state index is 13.7. The van der Waals surface area contributed by atoms with Gasteiger partial charge in [0.1, 0.15) is 16.2 Å². The van der Waals surface area contributed by atoms with Crippen LogP contribution in [0.25, 0.3) is 11.0 Å². The fourth-order valence-corrected chi connectivity index (χ4v) is 9.44. The fraction of sp³-hybridized carbons (Fsp3) is 0.800. The Bertz CT molecular complexity index is 1420. The van der Waals surface area contributed by atoms with Crippen molar-refractivity contribution in [3.63, 3.8) is 0 Å². The number of amides is 1. The summed E-state index contributed by atoms with van der Waals surface area (Å²) in [7, 11) is -3.70. The second-order valence-corrected chi connectivity index (χ2v) is 18.1. The Morgan fingerprint density at radius 1 is 1.15 bits per heavy atom. The third-order valence-corrected chi connectivity index (χ3v) is 12.8. The van der Waals surface area contributed by atoms with E-state index in [1.165, 1.54) is 30.3 Å². The van der Waals surface area contributed by atoms with Crippen LogP contribution in [0.1, 0.15) is 93.7 Å². The molecule has 4 rings (SSSR count). The summed E-state index contributed by atoms with van der Waals surface area (Å²) < 4.78 is 43.3. The number of anilines is 1. The number of rotatable bonds is 14. The van der Waals surface area contributed by atoms with Crippen molar-refractivity contribution in [2.75, 3.05) is 30.5 Å². The summed E-state index contributed by atoms with van der Waals surface area (Å²) in [5.41, 5.74) is -0.419. The zero-order valence-corrected chi connectivity index (χ0v) is 30.9. The Morgan fingerprint density at radius 3 is 2.34 bits per heavy atom. The van der Waals surface area contributed by atoms with E-state index in [0.29, 0.717) is 23.3 Å². The molecule has 1 aliphatic carbocycles. The van der Waals surface area contributed by atoms with Crippen LogP contribution < -0.4 is 4.90 Å². The van der Waals surface area contributed by atoms with E-state index in [0.717, 1.165) is 25.7 Å². The molecular formula is C30H49ClN5O9PS. The number of carbonyl (C=O) groups excluding carboxylic acids is 1. The average molecular weight is 722 g/mol. The van der Waals surface area contributed by atoms with Crippen LogP contribution in [0.4, 0.5) is 10.6 Å². The summed E-state index contributed by atoms with van der Waals surface area (Å²) in [5, 5.41) is 25.9. The summed E-state index contributed by atoms with van der Waals surface area (Å²) >= 11 is 7.72. The lowest BCUT2D eigenvalue weighted by molar-refractivity contribution is -0.223. The minimum absolute atomic E-state index is 0.0906. The number of nitrogens with zero attached hydrogens (tertiary/aromatic N) is 5. The third-order valence-electron chi connectivity index (χ3n) is 7.79. The maximum Gasteiger partial charge on any atom is 0.416 e. The van der Waals surface area contributed by atoms with Gasteiger partial charge in [-0.15, -0.1) is 11.8 Å². The van der Waals surface area contributed by atoms with Gasteiger partial charge in [-0.05, 0) is 79.8 Å². The molecule has 0 spiro atoms. The van der Waals surface area contributed by atoms with Gasteiger partial charge in [-0.3, -0.25) is 9.46 Å². The average Bonchev–Trinajstić information content (AvgIpc) is 3.71. The first-order valence-corrected chi connectivity index (χ1v) is 19.0. The Hall–Kier alpha value is -1.55. The van der Waals surface area contributed by atoms with Crippen LogP contribution in [-0.2, 0) is 27.8 Å². The minimum Gasteiger partial charge on any atom is -0.443 e. The normalized spacial score (nSPS) is 22.6. The molecule has 0 bridgehead atoms. The fourth-order valence-electron chi connectivity index (χ4n) is 5.79. The molecule has 1 amide bonds. The van der Waals surface area contributed by atoms with Crippen molar-refractivity contribution in [1.29, 1.82) is 0 Å². The molecular weight excluding hydrogens is 673 g/mol. The second kappa shape index (κ2) is 15.1. The molecule has 4 atom stereocenters. The lowest BCUT2D eigenvalue weighted by Gasteiger charge is -2.34. The predicted molar refractivity (Wildman–Crippen MR) is 180 cm³/mol. The van der Waals surface area contributed by atoms with E-state index in [4.69, 9.17) is 34.9 Å². The first-order valence-electron chi connectivity index (χ1n) is 16.1. The molecule has 1 saturated heterocycles. The summed E-state index contributed by atoms with van der Waals surface area (Å²) in [4.78, 5) is 24.1. The SMILES string of the molecule is CCOP(=O)(OCC)C(C)(CO)SC[C@@H]1C[C@@H](OC(C)(C)O)[C@H](n2ncc3c(N(C(=O)OC(C)(C)C)C4CCCC4)nc(Cl)nc32)O1. The molecule has 47 heavy (non-hydrogen) atoms. The van der Waals surface area contributed by atoms with E-state index in [1.54, 1.807) is 31.9 Å². The molecule has 0 radical (unpaired) electrons. The van der Waals surface area contributed by atoms with Crippen LogP contribution in [0.2, 0.25) is 5.28 Å². The standard InChI is InChI=1S/C30H49ClN5O9PS/c1-9-41-46(40,42-10-2)30(8,18-37)47-17-20-15-22(44-29(6,7)39)25(43-20)36-24-21(16-32-36)23(33-26(31)34-24)35(19-13-11-12-14-19)27(38)45-28(3,4)5/h16,19-20,22,25,37,39H,9-15,17-18H2,1-8H3/t20-,22+,25+,30?/m0/s1. The van der Waals surface area contributed by atoms with Crippen molar-refractivity contribution < 1.29 is 42.8 Å². The molecule has 266 valence electrons. The highest BCUT2D eigenvalue weighted by molar-refractivity contribution is 8.06. The van der Waals surface area contributed by atoms with Gasteiger partial charge in [0.15, 0.2) is 23.5 Å². The van der Waals surface area contributed by atoms with Gasteiger partial charge in [0.05, 0.1) is 37.5 Å². The quantitative estimate of drug-likeness (QED) is 0.127. The van der Waals surface area contributed by atoms with Gasteiger partial charge in [-0.2, -0.15) is 15.1 Å². The van der Waals surface area contributed by atoms with Crippen LogP contribution in [0.5, 0.6) is 0 Å². The Kier molecular flexibility index (Phi) is 12.3. The Balaban J connectivity index is 1.69. The lowest BCUT2D eigenvalue weighted by atomic mass is 10.2. The van der Waals surface area contributed by atoms with Crippen molar-refractivity contribution in [2.45, 2.75) is 128 Å². The Morgan fingerprint density at radius 2 is 1.79 bits per heavy atom. The molecule has 2 aliphatic rings. The van der Waals surface area contributed by atoms with Gasteiger partial charge in [0.2, 0.25) is 5.28 Å². The van der Waals surface area contributed by atoms with E-state index in [1.807, 2.05) is 20.8 Å². The van der Waals surface area contributed by atoms with E-state index in [-0.39, 0.29) is 30.3 Å². The minimum atomic E-state index is -3.70. The highest BCUT2D eigenvalue weighted by Crippen LogP contribution is 2.64. The number of aromatic nitrogens is 4. The number of halogens is 1. The molecule has 1 unspecified atom stereocenters. The first-order chi connectivity index (χ1) is 21.9. The number of carbonyl (C=O) groups is 1. The Labute approximate surface area is 285 Å². The summed E-state index contributed by atoms with van der Waals surface area (Å²) in [6.45, 7) is 13.4. The number of fused-ring (bicyclic) bond motifs is 1. The molecule has 14 nitrogen and oxygen atoms in total. The van der Waals surface area contributed by atoms with E-state index in [9.17, 15) is 19.6 Å². The summed E-state index contributed by atoms with van der Waals surface area (Å²) in [5.74, 6) is -0.930. The van der Waals surface area contributed by atoms with Gasteiger partial charge in [-0.25, -0.2) is 9.48 Å². The first kappa shape index (κ1) is 38.3. The van der Waals surface area contributed by atoms with E-state index >= 15 is 0 Å². The molecule has 0 aromatic carbocycles. The topological polar surface area (TPSA) is 168 Å². The van der Waals surface area contributed by atoms with Crippen LogP contribution in [0.15, 0.2) is 6.20 Å². The van der Waals surface area contributed by atoms with Gasteiger partial charge >= 0.3 is 13.7 Å². The number of ether oxygens (including phenoxy) is 3. The maximum absolute atomic E-state index is 13.7. The summed E-state index contributed by atoms with van der Waals surface area (Å²) in [6, 6.07) is -0.136. The molecule has 1 aliphatic heterocycles. The number of thioether (sulfide) groups is 1. The lowest BCUT2D eigenvalue weighted by Crippen LogP contribution is -2.43. The number of aliphatic hydroxyl groups excluding tert-OH is 1. The van der Waals surface area contributed by atoms with Gasteiger partial charge < -0.3 is 33.5 Å².